The van der Waals surface area contributed by atoms with Crippen molar-refractivity contribution in [1.82, 2.24) is 0 Å². The van der Waals surface area contributed by atoms with Crippen molar-refractivity contribution in [3.05, 3.63) is 45.3 Å². The van der Waals surface area contributed by atoms with E-state index >= 15 is 0 Å². The molecule has 0 fully saturated rings. The first-order chi connectivity index (χ1) is 10.7. The van der Waals surface area contributed by atoms with Gasteiger partial charge in [-0.3, -0.25) is 14.8 Å². The average molecular weight is 358 g/mol. The maximum absolute atomic E-state index is 12.3. The lowest BCUT2D eigenvalue weighted by Gasteiger charge is -2.10. The Morgan fingerprint density at radius 3 is 2.61 bits per heavy atom. The van der Waals surface area contributed by atoms with Gasteiger partial charge in [0.15, 0.2) is 0 Å². The summed E-state index contributed by atoms with van der Waals surface area (Å²) in [5.74, 6) is -1.16. The zero-order chi connectivity index (χ0) is 17.2. The fourth-order valence-corrected chi connectivity index (χ4v) is 3.87. The van der Waals surface area contributed by atoms with Gasteiger partial charge in [0.05, 0.1) is 23.3 Å². The Morgan fingerprint density at radius 2 is 2.09 bits per heavy atom. The molecule has 1 aromatic heterocycles. The number of benzene rings is 1. The number of aromatic carboxylic acids is 1. The van der Waals surface area contributed by atoms with Gasteiger partial charge in [0.25, 0.3) is 15.7 Å². The topological polar surface area (TPSA) is 136 Å². The molecule has 2 N–H and O–H groups in total. The van der Waals surface area contributed by atoms with Crippen LogP contribution in [0.15, 0.2) is 33.9 Å². The molecule has 1 heterocycles. The van der Waals surface area contributed by atoms with Gasteiger partial charge in [-0.05, 0) is 12.1 Å². The molecule has 0 aliphatic carbocycles. The van der Waals surface area contributed by atoms with Crippen molar-refractivity contribution >= 4 is 38.7 Å². The number of carboxylic acid groups (broad SMARTS) is 1. The van der Waals surface area contributed by atoms with E-state index in [0.717, 1.165) is 23.5 Å². The predicted octanol–water partition coefficient (Wildman–Crippen LogP) is 2.16. The maximum Gasteiger partial charge on any atom is 0.336 e. The Hall–Kier alpha value is -2.66. The fraction of sp³-hybridized carbons (Fsp3) is 0.0833. The van der Waals surface area contributed by atoms with E-state index in [1.54, 1.807) is 0 Å². The quantitative estimate of drug-likeness (QED) is 0.596. The number of hydrogen-bond donors (Lipinski definition) is 2. The molecule has 2 aromatic rings. The molecule has 0 radical (unpaired) electrons. The molecule has 0 aliphatic heterocycles. The number of nitro benzene ring substituents is 1. The third-order valence-electron chi connectivity index (χ3n) is 2.73. The van der Waals surface area contributed by atoms with Crippen LogP contribution in [0.25, 0.3) is 0 Å². The number of nitro groups is 1. The molecule has 1 aromatic carbocycles. The van der Waals surface area contributed by atoms with Crippen LogP contribution in [-0.4, -0.2) is 31.5 Å². The van der Waals surface area contributed by atoms with E-state index in [4.69, 9.17) is 9.84 Å². The first-order valence-corrected chi connectivity index (χ1v) is 8.28. The second-order valence-corrected chi connectivity index (χ2v) is 7.03. The SMILES string of the molecule is COc1ccc([N+](=O)[O-])cc1NS(=O)(=O)c1cc(C(=O)O)cs1. The number of anilines is 1. The number of nitrogens with zero attached hydrogens (tertiary/aromatic N) is 1. The summed E-state index contributed by atoms with van der Waals surface area (Å²) >= 11 is 0.722. The summed E-state index contributed by atoms with van der Waals surface area (Å²) in [6.07, 6.45) is 0. The standard InChI is InChI=1S/C12H10N2O7S2/c1-21-10-3-2-8(14(17)18)5-9(10)13-23(19,20)11-4-7(6-22-11)12(15)16/h2-6,13H,1H3,(H,15,16). The van der Waals surface area contributed by atoms with Crippen LogP contribution in [0.5, 0.6) is 5.75 Å². The molecule has 9 nitrogen and oxygen atoms in total. The highest BCUT2D eigenvalue weighted by molar-refractivity contribution is 7.94. The number of hydrogen-bond acceptors (Lipinski definition) is 7. The number of non-ortho nitro benzene ring substituents is 1. The van der Waals surface area contributed by atoms with Crippen LogP contribution in [0.2, 0.25) is 0 Å². The Kier molecular flexibility index (Phi) is 4.52. The molecule has 0 atom stereocenters. The number of rotatable bonds is 6. The van der Waals surface area contributed by atoms with E-state index in [1.807, 2.05) is 0 Å². The number of thiophene rings is 1. The molecule has 0 saturated heterocycles. The second kappa shape index (κ2) is 6.22. The molecule has 2 rings (SSSR count). The third kappa shape index (κ3) is 3.57. The van der Waals surface area contributed by atoms with Crippen molar-refractivity contribution in [3.8, 4) is 5.75 Å². The monoisotopic (exact) mass is 358 g/mol. The summed E-state index contributed by atoms with van der Waals surface area (Å²) in [5.41, 5.74) is -0.603. The van der Waals surface area contributed by atoms with E-state index < -0.39 is 20.9 Å². The van der Waals surface area contributed by atoms with Gasteiger partial charge in [0.1, 0.15) is 9.96 Å². The van der Waals surface area contributed by atoms with Crippen LogP contribution >= 0.6 is 11.3 Å². The minimum atomic E-state index is -4.10. The van der Waals surface area contributed by atoms with Crippen LogP contribution in [0, 0.1) is 10.1 Å². The van der Waals surface area contributed by atoms with E-state index in [1.165, 1.54) is 24.6 Å². The van der Waals surface area contributed by atoms with Gasteiger partial charge in [0, 0.05) is 17.5 Å². The van der Waals surface area contributed by atoms with Crippen molar-refractivity contribution in [2.45, 2.75) is 4.21 Å². The summed E-state index contributed by atoms with van der Waals surface area (Å²) in [6.45, 7) is 0. The second-order valence-electron chi connectivity index (χ2n) is 4.21. The summed E-state index contributed by atoms with van der Waals surface area (Å²) in [7, 11) is -2.81. The number of carbonyl (C=O) groups is 1. The minimum absolute atomic E-state index is 0.0918. The minimum Gasteiger partial charge on any atom is -0.495 e. The Balaban J connectivity index is 2.41. The summed E-state index contributed by atoms with van der Waals surface area (Å²) < 4.78 is 31.4. The maximum atomic E-state index is 12.3. The van der Waals surface area contributed by atoms with Crippen LogP contribution < -0.4 is 9.46 Å². The molecule has 0 bridgehead atoms. The van der Waals surface area contributed by atoms with E-state index in [2.05, 4.69) is 4.72 Å². The number of ether oxygens (including phenoxy) is 1. The molecule has 0 amide bonds. The van der Waals surface area contributed by atoms with Crippen molar-refractivity contribution in [1.29, 1.82) is 0 Å². The molecule has 0 saturated carbocycles. The van der Waals surface area contributed by atoms with Crippen LogP contribution in [0.3, 0.4) is 0 Å². The van der Waals surface area contributed by atoms with E-state index in [0.29, 0.717) is 0 Å². The zero-order valence-corrected chi connectivity index (χ0v) is 13.2. The van der Waals surface area contributed by atoms with Gasteiger partial charge in [-0.25, -0.2) is 13.2 Å². The Bertz CT molecular complexity index is 873. The van der Waals surface area contributed by atoms with Crippen LogP contribution in [0.4, 0.5) is 11.4 Å². The third-order valence-corrected chi connectivity index (χ3v) is 5.53. The molecule has 122 valence electrons. The van der Waals surface area contributed by atoms with Crippen LogP contribution in [-0.2, 0) is 10.0 Å². The lowest BCUT2D eigenvalue weighted by molar-refractivity contribution is -0.384. The molecule has 23 heavy (non-hydrogen) atoms. The normalized spacial score (nSPS) is 11.0. The van der Waals surface area contributed by atoms with Gasteiger partial charge in [-0.15, -0.1) is 11.3 Å². The van der Waals surface area contributed by atoms with Gasteiger partial charge < -0.3 is 9.84 Å². The largest absolute Gasteiger partial charge is 0.495 e. The molecule has 11 heteroatoms. The first kappa shape index (κ1) is 16.7. The summed E-state index contributed by atoms with van der Waals surface area (Å²) in [6, 6.07) is 4.44. The summed E-state index contributed by atoms with van der Waals surface area (Å²) in [5, 5.41) is 20.8. The number of carboxylic acids is 1. The highest BCUT2D eigenvalue weighted by atomic mass is 32.2. The zero-order valence-electron chi connectivity index (χ0n) is 11.5. The van der Waals surface area contributed by atoms with Crippen molar-refractivity contribution < 1.29 is 28.0 Å². The van der Waals surface area contributed by atoms with Crippen molar-refractivity contribution in [3.63, 3.8) is 0 Å². The number of nitrogens with one attached hydrogen (secondary N) is 1. The summed E-state index contributed by atoms with van der Waals surface area (Å²) in [4.78, 5) is 20.9. The van der Waals surface area contributed by atoms with Gasteiger partial charge in [-0.2, -0.15) is 0 Å². The molecular weight excluding hydrogens is 348 g/mol. The Labute approximate surface area is 134 Å². The van der Waals surface area contributed by atoms with Crippen molar-refractivity contribution in [2.75, 3.05) is 11.8 Å². The predicted molar refractivity (Wildman–Crippen MR) is 81.7 cm³/mol. The smallest absolute Gasteiger partial charge is 0.336 e. The lowest BCUT2D eigenvalue weighted by atomic mass is 10.2. The number of sulfonamides is 1. The molecule has 0 spiro atoms. The number of methoxy groups -OCH3 is 1. The average Bonchev–Trinajstić information content (AvgIpc) is 2.97. The highest BCUT2D eigenvalue weighted by Crippen LogP contribution is 2.32. The molecular formula is C12H10N2O7S2. The van der Waals surface area contributed by atoms with Gasteiger partial charge in [-0.1, -0.05) is 0 Å². The first-order valence-electron chi connectivity index (χ1n) is 5.91. The van der Waals surface area contributed by atoms with Gasteiger partial charge >= 0.3 is 5.97 Å². The van der Waals surface area contributed by atoms with Crippen LogP contribution in [0.1, 0.15) is 10.4 Å². The fourth-order valence-electron chi connectivity index (χ4n) is 1.65. The van der Waals surface area contributed by atoms with Gasteiger partial charge in [0.2, 0.25) is 0 Å². The Morgan fingerprint density at radius 1 is 1.39 bits per heavy atom. The highest BCUT2D eigenvalue weighted by Gasteiger charge is 2.22. The van der Waals surface area contributed by atoms with Crippen molar-refractivity contribution in [2.24, 2.45) is 0 Å². The molecule has 0 aliphatic rings. The van der Waals surface area contributed by atoms with E-state index in [-0.39, 0.29) is 26.9 Å². The molecule has 0 unspecified atom stereocenters. The lowest BCUT2D eigenvalue weighted by Crippen LogP contribution is -2.12. The van der Waals surface area contributed by atoms with E-state index in [9.17, 15) is 23.3 Å².